The molecule has 27 heavy (non-hydrogen) atoms. The molecular formula is C19H23N5O3. The summed E-state index contributed by atoms with van der Waals surface area (Å²) in [5, 5.41) is 4.36. The lowest BCUT2D eigenvalue weighted by atomic mass is 10.1. The van der Waals surface area contributed by atoms with Gasteiger partial charge in [-0.05, 0) is 25.3 Å². The van der Waals surface area contributed by atoms with Gasteiger partial charge in [-0.15, -0.1) is 0 Å². The standard InChI is InChI=1S/C19H23N5O3/c1-27-17-12-14(5-6-20-17)18(25)22-8-10-23(11-9-22)19(26)15-13-21-24-7-3-2-4-16(15)24/h5-6,12-13H,2-4,7-11H2,1H3. The molecule has 2 aliphatic rings. The normalized spacial score (nSPS) is 16.8. The van der Waals surface area contributed by atoms with Crippen molar-refractivity contribution in [2.24, 2.45) is 0 Å². The summed E-state index contributed by atoms with van der Waals surface area (Å²) in [5.74, 6) is 0.377. The van der Waals surface area contributed by atoms with E-state index in [2.05, 4.69) is 10.1 Å². The predicted molar refractivity (Wildman–Crippen MR) is 97.8 cm³/mol. The fourth-order valence-electron chi connectivity index (χ4n) is 3.72. The third-order valence-electron chi connectivity index (χ3n) is 5.26. The van der Waals surface area contributed by atoms with E-state index in [1.807, 2.05) is 9.58 Å². The molecule has 0 bridgehead atoms. The number of amides is 2. The molecule has 1 fully saturated rings. The van der Waals surface area contributed by atoms with Crippen molar-refractivity contribution in [3.63, 3.8) is 0 Å². The zero-order valence-corrected chi connectivity index (χ0v) is 15.4. The van der Waals surface area contributed by atoms with Gasteiger partial charge in [0.2, 0.25) is 5.88 Å². The third kappa shape index (κ3) is 3.39. The Morgan fingerprint density at radius 1 is 1.04 bits per heavy atom. The van der Waals surface area contributed by atoms with Crippen LogP contribution in [-0.4, -0.2) is 69.7 Å². The van der Waals surface area contributed by atoms with Crippen LogP contribution >= 0.6 is 0 Å². The maximum Gasteiger partial charge on any atom is 0.257 e. The van der Waals surface area contributed by atoms with Crippen molar-refractivity contribution in [2.75, 3.05) is 33.3 Å². The number of aromatic nitrogens is 3. The molecule has 4 heterocycles. The molecule has 1 saturated heterocycles. The molecule has 0 unspecified atom stereocenters. The van der Waals surface area contributed by atoms with Gasteiger partial charge in [0.15, 0.2) is 0 Å². The van der Waals surface area contributed by atoms with Crippen LogP contribution in [0, 0.1) is 0 Å². The van der Waals surface area contributed by atoms with Crippen molar-refractivity contribution in [3.05, 3.63) is 41.3 Å². The van der Waals surface area contributed by atoms with Crippen molar-refractivity contribution in [1.29, 1.82) is 0 Å². The van der Waals surface area contributed by atoms with Gasteiger partial charge in [0, 0.05) is 50.6 Å². The summed E-state index contributed by atoms with van der Waals surface area (Å²) < 4.78 is 7.04. The van der Waals surface area contributed by atoms with Crippen LogP contribution in [0.1, 0.15) is 39.3 Å². The summed E-state index contributed by atoms with van der Waals surface area (Å²) in [6.07, 6.45) is 6.38. The van der Waals surface area contributed by atoms with E-state index in [1.165, 1.54) is 7.11 Å². The molecule has 2 amide bonds. The molecule has 4 rings (SSSR count). The summed E-state index contributed by atoms with van der Waals surface area (Å²) in [7, 11) is 1.52. The Morgan fingerprint density at radius 2 is 1.78 bits per heavy atom. The number of aryl methyl sites for hydroxylation is 1. The first-order valence-electron chi connectivity index (χ1n) is 9.30. The number of piperazine rings is 1. The SMILES string of the molecule is COc1cc(C(=O)N2CCN(C(=O)c3cnn4c3CCCC4)CC2)ccn1. The van der Waals surface area contributed by atoms with Gasteiger partial charge < -0.3 is 14.5 Å². The molecular weight excluding hydrogens is 346 g/mol. The van der Waals surface area contributed by atoms with Crippen LogP contribution in [0.3, 0.4) is 0 Å². The number of nitrogens with zero attached hydrogens (tertiary/aromatic N) is 5. The Kier molecular flexibility index (Phi) is 4.79. The van der Waals surface area contributed by atoms with Gasteiger partial charge in [-0.25, -0.2) is 4.98 Å². The number of rotatable bonds is 3. The van der Waals surface area contributed by atoms with Gasteiger partial charge in [-0.1, -0.05) is 0 Å². The van der Waals surface area contributed by atoms with E-state index < -0.39 is 0 Å². The summed E-state index contributed by atoms with van der Waals surface area (Å²) in [6.45, 7) is 2.96. The minimum absolute atomic E-state index is 0.0239. The van der Waals surface area contributed by atoms with Crippen molar-refractivity contribution in [1.82, 2.24) is 24.6 Å². The lowest BCUT2D eigenvalue weighted by Crippen LogP contribution is -2.50. The van der Waals surface area contributed by atoms with Crippen molar-refractivity contribution in [2.45, 2.75) is 25.8 Å². The molecule has 0 N–H and O–H groups in total. The molecule has 0 atom stereocenters. The number of fused-ring (bicyclic) bond motifs is 1. The maximum atomic E-state index is 12.9. The second-order valence-corrected chi connectivity index (χ2v) is 6.86. The maximum absolute atomic E-state index is 12.9. The molecule has 0 aliphatic carbocycles. The fraction of sp³-hybridized carbons (Fsp3) is 0.474. The molecule has 0 aromatic carbocycles. The minimum atomic E-state index is -0.0642. The van der Waals surface area contributed by atoms with E-state index in [9.17, 15) is 9.59 Å². The van der Waals surface area contributed by atoms with Crippen LogP contribution in [-0.2, 0) is 13.0 Å². The van der Waals surface area contributed by atoms with Gasteiger partial charge in [0.1, 0.15) is 0 Å². The quantitative estimate of drug-likeness (QED) is 0.813. The topological polar surface area (TPSA) is 80.6 Å². The Labute approximate surface area is 157 Å². The first kappa shape index (κ1) is 17.5. The Hall–Kier alpha value is -2.90. The van der Waals surface area contributed by atoms with Gasteiger partial charge in [-0.3, -0.25) is 14.3 Å². The van der Waals surface area contributed by atoms with Crippen LogP contribution in [0.4, 0.5) is 0 Å². The first-order valence-corrected chi connectivity index (χ1v) is 9.30. The molecule has 0 saturated carbocycles. The lowest BCUT2D eigenvalue weighted by molar-refractivity contribution is 0.0534. The smallest absolute Gasteiger partial charge is 0.257 e. The third-order valence-corrected chi connectivity index (χ3v) is 5.26. The van der Waals surface area contributed by atoms with Crippen molar-refractivity contribution >= 4 is 11.8 Å². The Bertz CT molecular complexity index is 855. The van der Waals surface area contributed by atoms with Crippen LogP contribution in [0.2, 0.25) is 0 Å². The Morgan fingerprint density at radius 3 is 2.52 bits per heavy atom. The number of carbonyl (C=O) groups excluding carboxylic acids is 2. The zero-order chi connectivity index (χ0) is 18.8. The molecule has 142 valence electrons. The fourth-order valence-corrected chi connectivity index (χ4v) is 3.72. The molecule has 2 aliphatic heterocycles. The van der Waals surface area contributed by atoms with Crippen molar-refractivity contribution < 1.29 is 14.3 Å². The van der Waals surface area contributed by atoms with E-state index in [0.717, 1.165) is 31.5 Å². The average molecular weight is 369 g/mol. The first-order chi connectivity index (χ1) is 13.2. The van der Waals surface area contributed by atoms with E-state index >= 15 is 0 Å². The van der Waals surface area contributed by atoms with Crippen LogP contribution < -0.4 is 4.74 Å². The van der Waals surface area contributed by atoms with Gasteiger partial charge >= 0.3 is 0 Å². The highest BCUT2D eigenvalue weighted by Gasteiger charge is 2.28. The van der Waals surface area contributed by atoms with Gasteiger partial charge in [0.05, 0.1) is 24.6 Å². The number of methoxy groups -OCH3 is 1. The van der Waals surface area contributed by atoms with Crippen LogP contribution in [0.15, 0.2) is 24.5 Å². The highest BCUT2D eigenvalue weighted by molar-refractivity contribution is 5.96. The van der Waals surface area contributed by atoms with E-state index in [4.69, 9.17) is 4.74 Å². The summed E-state index contributed by atoms with van der Waals surface area (Å²) in [6, 6.07) is 3.32. The molecule has 8 nitrogen and oxygen atoms in total. The highest BCUT2D eigenvalue weighted by Crippen LogP contribution is 2.20. The highest BCUT2D eigenvalue weighted by atomic mass is 16.5. The second-order valence-electron chi connectivity index (χ2n) is 6.86. The predicted octanol–water partition coefficient (Wildman–Crippen LogP) is 1.22. The van der Waals surface area contributed by atoms with Gasteiger partial charge in [-0.2, -0.15) is 5.10 Å². The number of hydrogen-bond donors (Lipinski definition) is 0. The monoisotopic (exact) mass is 369 g/mol. The number of carbonyl (C=O) groups is 2. The minimum Gasteiger partial charge on any atom is -0.481 e. The number of ether oxygens (including phenoxy) is 1. The number of hydrogen-bond acceptors (Lipinski definition) is 5. The lowest BCUT2D eigenvalue weighted by Gasteiger charge is -2.35. The second kappa shape index (κ2) is 7.38. The summed E-state index contributed by atoms with van der Waals surface area (Å²) in [4.78, 5) is 33.2. The van der Waals surface area contributed by atoms with Crippen LogP contribution in [0.5, 0.6) is 5.88 Å². The van der Waals surface area contributed by atoms with E-state index in [-0.39, 0.29) is 11.8 Å². The van der Waals surface area contributed by atoms with Crippen LogP contribution in [0.25, 0.3) is 0 Å². The molecule has 0 radical (unpaired) electrons. The molecule has 2 aromatic heterocycles. The number of pyridine rings is 1. The van der Waals surface area contributed by atoms with E-state index in [0.29, 0.717) is 43.2 Å². The molecule has 2 aromatic rings. The molecule has 0 spiro atoms. The average Bonchev–Trinajstić information content (AvgIpc) is 3.17. The zero-order valence-electron chi connectivity index (χ0n) is 15.4. The summed E-state index contributed by atoms with van der Waals surface area (Å²) in [5.41, 5.74) is 2.31. The van der Waals surface area contributed by atoms with Gasteiger partial charge in [0.25, 0.3) is 11.8 Å². The molecule has 8 heteroatoms. The largest absolute Gasteiger partial charge is 0.481 e. The Balaban J connectivity index is 1.40. The summed E-state index contributed by atoms with van der Waals surface area (Å²) >= 11 is 0. The van der Waals surface area contributed by atoms with E-state index in [1.54, 1.807) is 29.4 Å². The van der Waals surface area contributed by atoms with Crippen molar-refractivity contribution in [3.8, 4) is 5.88 Å².